The van der Waals surface area contributed by atoms with Gasteiger partial charge < -0.3 is 20.1 Å². The minimum Gasteiger partial charge on any atom is -0.464 e. The molecule has 14 nitrogen and oxygen atoms in total. The molecular weight excluding hydrogens is 649 g/mol. The van der Waals surface area contributed by atoms with Crippen LogP contribution in [0.4, 0.5) is 16.2 Å². The summed E-state index contributed by atoms with van der Waals surface area (Å²) in [5.74, 6) is -0.799. The first-order chi connectivity index (χ1) is 22.7. The molecule has 0 saturated heterocycles. The van der Waals surface area contributed by atoms with Crippen molar-refractivity contribution in [3.63, 3.8) is 0 Å². The molecule has 0 spiro atoms. The van der Waals surface area contributed by atoms with Crippen molar-refractivity contribution in [2.75, 3.05) is 24.4 Å². The molecule has 244 valence electrons. The largest absolute Gasteiger partial charge is 0.464 e. The van der Waals surface area contributed by atoms with Gasteiger partial charge in [-0.2, -0.15) is 9.78 Å². The zero-order valence-electron chi connectivity index (χ0n) is 25.4. The van der Waals surface area contributed by atoms with Crippen LogP contribution in [0.25, 0.3) is 22.9 Å². The number of carbonyl (C=O) groups is 3. The van der Waals surface area contributed by atoms with Crippen LogP contribution < -0.4 is 16.0 Å². The number of methoxy groups -OCH3 is 1. The Morgan fingerprint density at radius 2 is 1.89 bits per heavy atom. The number of halogens is 2. The van der Waals surface area contributed by atoms with Gasteiger partial charge in [0.15, 0.2) is 5.15 Å². The Bertz CT molecular complexity index is 1790. The summed E-state index contributed by atoms with van der Waals surface area (Å²) in [6.07, 6.45) is 6.02. The highest BCUT2D eigenvalue weighted by atomic mass is 35.5. The lowest BCUT2D eigenvalue weighted by molar-refractivity contribution is -0.144. The molecule has 1 aliphatic heterocycles. The van der Waals surface area contributed by atoms with Crippen LogP contribution in [-0.2, 0) is 19.1 Å². The molecule has 2 bridgehead atoms. The molecule has 2 aromatic carbocycles. The van der Waals surface area contributed by atoms with Crippen molar-refractivity contribution < 1.29 is 23.9 Å². The number of nitrogens with zero attached hydrogens (tertiary/aromatic N) is 6. The number of nitrogens with one attached hydrogen (secondary N) is 3. The standard InChI is InChI=1S/C31H31Cl2N9O5/c1-3-47-30(44)24-7-5-4-6-23(37-28(43)13-8-18-14-19(32)9-12-27(18)42-17-34-40-41-42)26-16-22(29(33)39-38-26)21-11-10-20(15-25(21)36-24)35-31(45)46-2/h8-17,23-24,36H,3-7H2,1-2H3,(H,35,45)(H,37,43). The number of hydrogen-bond donors (Lipinski definition) is 3. The molecule has 2 aromatic heterocycles. The van der Waals surface area contributed by atoms with Crippen LogP contribution >= 0.6 is 23.2 Å². The summed E-state index contributed by atoms with van der Waals surface area (Å²) in [6.45, 7) is 1.95. The average Bonchev–Trinajstić information content (AvgIpc) is 3.60. The predicted molar refractivity (Wildman–Crippen MR) is 175 cm³/mol. The van der Waals surface area contributed by atoms with Gasteiger partial charge in [-0.05, 0) is 72.7 Å². The number of esters is 1. The van der Waals surface area contributed by atoms with Crippen LogP contribution in [0.2, 0.25) is 10.2 Å². The van der Waals surface area contributed by atoms with Crippen molar-refractivity contribution in [3.8, 4) is 16.8 Å². The van der Waals surface area contributed by atoms with Gasteiger partial charge in [0.2, 0.25) is 5.91 Å². The fraction of sp³-hybridized carbons (Fsp3) is 0.290. The Labute approximate surface area is 279 Å². The van der Waals surface area contributed by atoms with E-state index in [1.165, 1.54) is 24.2 Å². The normalized spacial score (nSPS) is 16.2. The Morgan fingerprint density at radius 1 is 1.06 bits per heavy atom. The van der Waals surface area contributed by atoms with Crippen LogP contribution in [0.1, 0.15) is 49.9 Å². The van der Waals surface area contributed by atoms with Crippen LogP contribution in [0.5, 0.6) is 0 Å². The number of fused-ring (bicyclic) bond motifs is 4. The number of benzene rings is 2. The van der Waals surface area contributed by atoms with Crippen LogP contribution in [0.15, 0.2) is 54.9 Å². The Morgan fingerprint density at radius 3 is 2.66 bits per heavy atom. The van der Waals surface area contributed by atoms with Crippen molar-refractivity contribution in [2.24, 2.45) is 0 Å². The van der Waals surface area contributed by atoms with Crippen LogP contribution in [-0.4, -0.2) is 68.1 Å². The van der Waals surface area contributed by atoms with Crippen molar-refractivity contribution in [1.29, 1.82) is 0 Å². The SMILES string of the molecule is CCOC(=O)C1CCCCC(NC(=O)C=Cc2cc(Cl)ccc2-n2cnnn2)c2cc(c(Cl)nn2)-c2ccc(NC(=O)OC)cc2N1. The molecular formula is C31H31Cl2N9O5. The molecule has 2 unspecified atom stereocenters. The number of carbonyl (C=O) groups excluding carboxylic acids is 3. The van der Waals surface area contributed by atoms with Gasteiger partial charge in [-0.25, -0.2) is 9.59 Å². The molecule has 0 radical (unpaired) electrons. The lowest BCUT2D eigenvalue weighted by Gasteiger charge is -2.24. The molecule has 5 rings (SSSR count). The number of hydrogen-bond acceptors (Lipinski definition) is 11. The number of rotatable bonds is 7. The van der Waals surface area contributed by atoms with Crippen molar-refractivity contribution >= 4 is 58.6 Å². The monoisotopic (exact) mass is 679 g/mol. The number of aromatic nitrogens is 6. The first kappa shape index (κ1) is 33.3. The van der Waals surface area contributed by atoms with Gasteiger partial charge in [0.25, 0.3) is 0 Å². The fourth-order valence-corrected chi connectivity index (χ4v) is 5.47. The van der Waals surface area contributed by atoms with Crippen molar-refractivity contribution in [1.82, 2.24) is 35.7 Å². The van der Waals surface area contributed by atoms with Gasteiger partial charge in [0.05, 0.1) is 31.1 Å². The predicted octanol–water partition coefficient (Wildman–Crippen LogP) is 5.39. The van der Waals surface area contributed by atoms with E-state index in [2.05, 4.69) is 41.7 Å². The van der Waals surface area contributed by atoms with E-state index >= 15 is 0 Å². The minimum absolute atomic E-state index is 0.108. The summed E-state index contributed by atoms with van der Waals surface area (Å²) in [7, 11) is 1.26. The first-order valence-electron chi connectivity index (χ1n) is 14.7. The highest BCUT2D eigenvalue weighted by Gasteiger charge is 2.25. The zero-order valence-corrected chi connectivity index (χ0v) is 27.0. The van der Waals surface area contributed by atoms with Crippen LogP contribution in [0.3, 0.4) is 0 Å². The maximum atomic E-state index is 13.3. The molecule has 1 aliphatic rings. The van der Waals surface area contributed by atoms with E-state index in [1.54, 1.807) is 55.5 Å². The second-order valence-electron chi connectivity index (χ2n) is 10.4. The molecule has 0 fully saturated rings. The number of amides is 2. The number of anilines is 2. The van der Waals surface area contributed by atoms with Gasteiger partial charge in [0, 0.05) is 39.2 Å². The number of ether oxygens (including phenoxy) is 2. The third-order valence-electron chi connectivity index (χ3n) is 7.32. The molecule has 3 N–H and O–H groups in total. The molecule has 47 heavy (non-hydrogen) atoms. The quantitative estimate of drug-likeness (QED) is 0.169. The van der Waals surface area contributed by atoms with Gasteiger partial charge in [-0.1, -0.05) is 42.1 Å². The molecule has 0 saturated carbocycles. The molecule has 2 atom stereocenters. The summed E-state index contributed by atoms with van der Waals surface area (Å²) in [6, 6.07) is 10.7. The van der Waals surface area contributed by atoms with E-state index in [9.17, 15) is 14.4 Å². The average molecular weight is 681 g/mol. The summed E-state index contributed by atoms with van der Waals surface area (Å²) >= 11 is 12.8. The maximum Gasteiger partial charge on any atom is 0.411 e. The van der Waals surface area contributed by atoms with Gasteiger partial charge in [-0.15, -0.1) is 10.2 Å². The van der Waals surface area contributed by atoms with Gasteiger partial charge in [-0.3, -0.25) is 10.1 Å². The second-order valence-corrected chi connectivity index (χ2v) is 11.2. The Balaban J connectivity index is 1.48. The molecule has 2 amide bonds. The third kappa shape index (κ3) is 8.40. The smallest absolute Gasteiger partial charge is 0.411 e. The Kier molecular flexibility index (Phi) is 11.0. The lowest BCUT2D eigenvalue weighted by atomic mass is 9.97. The van der Waals surface area contributed by atoms with E-state index in [4.69, 9.17) is 32.7 Å². The van der Waals surface area contributed by atoms with Crippen molar-refractivity contribution in [2.45, 2.75) is 44.7 Å². The summed E-state index contributed by atoms with van der Waals surface area (Å²) in [5.41, 5.74) is 3.79. The Hall–Kier alpha value is -5.08. The summed E-state index contributed by atoms with van der Waals surface area (Å²) < 4.78 is 11.6. The minimum atomic E-state index is -0.697. The molecule has 3 heterocycles. The highest BCUT2D eigenvalue weighted by Crippen LogP contribution is 2.37. The zero-order chi connectivity index (χ0) is 33.3. The molecule has 4 aromatic rings. The van der Waals surface area contributed by atoms with E-state index in [-0.39, 0.29) is 17.7 Å². The highest BCUT2D eigenvalue weighted by molar-refractivity contribution is 6.32. The van der Waals surface area contributed by atoms with Gasteiger partial charge in [0.1, 0.15) is 12.4 Å². The molecule has 0 aliphatic carbocycles. The van der Waals surface area contributed by atoms with E-state index in [1.807, 2.05) is 0 Å². The first-order valence-corrected chi connectivity index (χ1v) is 15.5. The van der Waals surface area contributed by atoms with E-state index in [0.29, 0.717) is 70.2 Å². The fourth-order valence-electron chi connectivity index (χ4n) is 5.09. The van der Waals surface area contributed by atoms with Gasteiger partial charge >= 0.3 is 12.1 Å². The van der Waals surface area contributed by atoms with Crippen molar-refractivity contribution in [3.05, 3.63) is 76.3 Å². The summed E-state index contributed by atoms with van der Waals surface area (Å²) in [4.78, 5) is 38.2. The topological polar surface area (TPSA) is 175 Å². The van der Waals surface area contributed by atoms with E-state index in [0.717, 1.165) is 0 Å². The molecule has 16 heteroatoms. The second kappa shape index (κ2) is 15.5. The van der Waals surface area contributed by atoms with Crippen LogP contribution in [0, 0.1) is 0 Å². The lowest BCUT2D eigenvalue weighted by Crippen LogP contribution is -2.32. The maximum absolute atomic E-state index is 13.3. The number of tetrazole rings is 1. The third-order valence-corrected chi connectivity index (χ3v) is 7.83. The van der Waals surface area contributed by atoms with E-state index < -0.39 is 24.1 Å². The summed E-state index contributed by atoms with van der Waals surface area (Å²) in [5, 5.41) is 29.3.